The van der Waals surface area contributed by atoms with Crippen LogP contribution in [0.1, 0.15) is 69.0 Å². The number of nitrogens with zero attached hydrogens (tertiary/aromatic N) is 1. The quantitative estimate of drug-likeness (QED) is 0.120. The number of carbonyl (C=O) groups is 2. The molecule has 1 amide bonds. The molecule has 0 aliphatic carbocycles. The Balaban J connectivity index is 1.65. The smallest absolute Gasteiger partial charge is 0.338 e. The molecule has 0 N–H and O–H groups in total. The van der Waals surface area contributed by atoms with Crippen LogP contribution in [-0.2, 0) is 4.74 Å². The van der Waals surface area contributed by atoms with Crippen molar-refractivity contribution in [1.29, 1.82) is 0 Å². The number of rotatable bonds is 10. The Morgan fingerprint density at radius 3 is 2.45 bits per heavy atom. The average molecular weight is 568 g/mol. The monoisotopic (exact) mass is 567 g/mol. The largest absolute Gasteiger partial charge is 0.493 e. The molecule has 2 heterocycles. The van der Waals surface area contributed by atoms with Gasteiger partial charge in [-0.15, -0.1) is 0 Å². The van der Waals surface area contributed by atoms with Crippen LogP contribution in [-0.4, -0.2) is 32.2 Å². The Morgan fingerprint density at radius 1 is 1.02 bits per heavy atom. The first-order valence-electron chi connectivity index (χ1n) is 13.9. The van der Waals surface area contributed by atoms with Crippen molar-refractivity contribution < 1.29 is 28.2 Å². The number of methoxy groups -OCH3 is 1. The van der Waals surface area contributed by atoms with Crippen molar-refractivity contribution in [3.05, 3.63) is 111 Å². The molecule has 0 saturated carbocycles. The van der Waals surface area contributed by atoms with Gasteiger partial charge in [-0.3, -0.25) is 14.5 Å². The predicted octanol–water partition coefficient (Wildman–Crippen LogP) is 6.69. The molecule has 1 aliphatic rings. The molecule has 216 valence electrons. The van der Waals surface area contributed by atoms with Crippen LogP contribution in [0.5, 0.6) is 11.5 Å². The highest BCUT2D eigenvalue weighted by Crippen LogP contribution is 2.43. The van der Waals surface area contributed by atoms with Gasteiger partial charge in [-0.05, 0) is 85.5 Å². The van der Waals surface area contributed by atoms with Crippen molar-refractivity contribution >= 4 is 28.5 Å². The van der Waals surface area contributed by atoms with E-state index in [2.05, 4.69) is 6.58 Å². The molecule has 42 heavy (non-hydrogen) atoms. The molecule has 0 spiro atoms. The fourth-order valence-electron chi connectivity index (χ4n) is 5.08. The number of hydrogen-bond acceptors (Lipinski definition) is 7. The molecule has 0 bridgehead atoms. The minimum atomic E-state index is -0.820. The highest BCUT2D eigenvalue weighted by Gasteiger charge is 2.44. The van der Waals surface area contributed by atoms with Crippen LogP contribution < -0.4 is 19.8 Å². The van der Waals surface area contributed by atoms with Crippen LogP contribution in [0.2, 0.25) is 0 Å². The number of fused-ring (bicyclic) bond motifs is 2. The fraction of sp³-hybridized carbons (Fsp3) is 0.265. The van der Waals surface area contributed by atoms with Gasteiger partial charge in [0.15, 0.2) is 16.9 Å². The van der Waals surface area contributed by atoms with Gasteiger partial charge in [0, 0.05) is 5.69 Å². The molecule has 8 nitrogen and oxygen atoms in total. The van der Waals surface area contributed by atoms with Gasteiger partial charge in [0.2, 0.25) is 5.76 Å². The molecule has 3 aromatic carbocycles. The van der Waals surface area contributed by atoms with Crippen molar-refractivity contribution in [3.8, 4) is 11.5 Å². The maximum absolute atomic E-state index is 14.1. The van der Waals surface area contributed by atoms with Gasteiger partial charge < -0.3 is 18.6 Å². The molecule has 1 aliphatic heterocycles. The maximum Gasteiger partial charge on any atom is 0.338 e. The molecule has 0 radical (unpaired) electrons. The van der Waals surface area contributed by atoms with Gasteiger partial charge >= 0.3 is 5.97 Å². The lowest BCUT2D eigenvalue weighted by atomic mass is 9.96. The summed E-state index contributed by atoms with van der Waals surface area (Å²) >= 11 is 0. The highest BCUT2D eigenvalue weighted by molar-refractivity contribution is 6.11. The van der Waals surface area contributed by atoms with Crippen LogP contribution in [0.15, 0.2) is 76.5 Å². The second-order valence-corrected chi connectivity index (χ2v) is 10.2. The minimum absolute atomic E-state index is 0.0187. The zero-order valence-corrected chi connectivity index (χ0v) is 24.2. The van der Waals surface area contributed by atoms with E-state index in [-0.39, 0.29) is 23.4 Å². The molecular weight excluding hydrogens is 534 g/mol. The predicted molar refractivity (Wildman–Crippen MR) is 161 cm³/mol. The molecule has 0 saturated heterocycles. The number of unbranched alkanes of at least 4 members (excludes halogenated alkanes) is 1. The summed E-state index contributed by atoms with van der Waals surface area (Å²) in [5.41, 5.74) is 3.69. The number of benzene rings is 3. The second-order valence-electron chi connectivity index (χ2n) is 10.2. The number of carbonyl (C=O) groups excluding carboxylic acids is 2. The minimum Gasteiger partial charge on any atom is -0.493 e. The van der Waals surface area contributed by atoms with Crippen molar-refractivity contribution in [1.82, 2.24) is 0 Å². The highest BCUT2D eigenvalue weighted by atomic mass is 16.5. The summed E-state index contributed by atoms with van der Waals surface area (Å²) in [4.78, 5) is 42.1. The van der Waals surface area contributed by atoms with Gasteiger partial charge in [-0.2, -0.15) is 0 Å². The molecule has 0 fully saturated rings. The standard InChI is InChI=1S/C34H33NO7/c1-6-8-16-41-34(38)22-9-12-24(13-10-22)35-30(23-11-14-26(40-15-7-2)28(19-23)39-5)29-31(36)25-17-20(3)21(4)18-27(25)42-32(29)33(35)37/h7,9-14,17-19,30H,2,6,8,15-16H2,1,3-5H3. The van der Waals surface area contributed by atoms with Crippen LogP contribution >= 0.6 is 0 Å². The van der Waals surface area contributed by atoms with E-state index in [9.17, 15) is 14.4 Å². The van der Waals surface area contributed by atoms with E-state index in [4.69, 9.17) is 18.6 Å². The zero-order valence-electron chi connectivity index (χ0n) is 24.2. The summed E-state index contributed by atoms with van der Waals surface area (Å²) in [6, 6.07) is 14.6. The third kappa shape index (κ3) is 5.16. The summed E-state index contributed by atoms with van der Waals surface area (Å²) in [5.74, 6) is 0.0272. The van der Waals surface area contributed by atoms with E-state index in [1.54, 1.807) is 60.7 Å². The van der Waals surface area contributed by atoms with E-state index in [1.807, 2.05) is 20.8 Å². The molecular formula is C34H33NO7. The first-order valence-corrected chi connectivity index (χ1v) is 13.9. The third-order valence-electron chi connectivity index (χ3n) is 7.46. The Hall–Kier alpha value is -4.85. The lowest BCUT2D eigenvalue weighted by Gasteiger charge is -2.26. The number of hydrogen-bond donors (Lipinski definition) is 0. The summed E-state index contributed by atoms with van der Waals surface area (Å²) in [6.07, 6.45) is 3.32. The molecule has 8 heteroatoms. The van der Waals surface area contributed by atoms with Crippen LogP contribution in [0, 0.1) is 13.8 Å². The number of ether oxygens (including phenoxy) is 3. The summed E-state index contributed by atoms with van der Waals surface area (Å²) in [7, 11) is 1.52. The van der Waals surface area contributed by atoms with Gasteiger partial charge in [0.1, 0.15) is 12.2 Å². The van der Waals surface area contributed by atoms with Crippen molar-refractivity contribution in [2.75, 3.05) is 25.2 Å². The Morgan fingerprint density at radius 2 is 1.76 bits per heavy atom. The Bertz CT molecular complexity index is 1740. The van der Waals surface area contributed by atoms with Gasteiger partial charge in [0.05, 0.1) is 36.3 Å². The van der Waals surface area contributed by atoms with E-state index in [0.717, 1.165) is 24.0 Å². The SMILES string of the molecule is C=CCOc1ccc(C2c3c(oc4cc(C)c(C)cc4c3=O)C(=O)N2c2ccc(C(=O)OCCCC)cc2)cc1OC. The van der Waals surface area contributed by atoms with Crippen molar-refractivity contribution in [2.24, 2.45) is 0 Å². The van der Waals surface area contributed by atoms with Crippen molar-refractivity contribution in [2.45, 2.75) is 39.7 Å². The van der Waals surface area contributed by atoms with E-state index >= 15 is 0 Å². The van der Waals surface area contributed by atoms with Crippen molar-refractivity contribution in [3.63, 3.8) is 0 Å². The zero-order chi connectivity index (χ0) is 30.0. The first-order chi connectivity index (χ1) is 20.3. The average Bonchev–Trinajstić information content (AvgIpc) is 3.29. The first kappa shape index (κ1) is 28.7. The van der Waals surface area contributed by atoms with E-state index < -0.39 is 17.9 Å². The second kappa shape index (κ2) is 11.9. The molecule has 1 unspecified atom stereocenters. The molecule has 4 aromatic rings. The number of anilines is 1. The lowest BCUT2D eigenvalue weighted by Crippen LogP contribution is -2.29. The number of aryl methyl sites for hydroxylation is 2. The lowest BCUT2D eigenvalue weighted by molar-refractivity contribution is 0.0499. The summed E-state index contributed by atoms with van der Waals surface area (Å²) in [5, 5.41) is 0.402. The Labute approximate surface area is 244 Å². The van der Waals surface area contributed by atoms with Gasteiger partial charge in [-0.1, -0.05) is 32.1 Å². The Kier molecular flexibility index (Phi) is 8.15. The topological polar surface area (TPSA) is 95.3 Å². The van der Waals surface area contributed by atoms with E-state index in [0.29, 0.717) is 45.9 Å². The summed E-state index contributed by atoms with van der Waals surface area (Å²) in [6.45, 7) is 10.2. The van der Waals surface area contributed by atoms with Crippen LogP contribution in [0.3, 0.4) is 0 Å². The van der Waals surface area contributed by atoms with E-state index in [1.165, 1.54) is 12.0 Å². The van der Waals surface area contributed by atoms with Crippen LogP contribution in [0.25, 0.3) is 11.0 Å². The fourth-order valence-corrected chi connectivity index (χ4v) is 5.08. The number of amides is 1. The number of esters is 1. The molecule has 1 aromatic heterocycles. The van der Waals surface area contributed by atoms with Crippen LogP contribution in [0.4, 0.5) is 5.69 Å². The third-order valence-corrected chi connectivity index (χ3v) is 7.46. The van der Waals surface area contributed by atoms with Gasteiger partial charge in [-0.25, -0.2) is 4.79 Å². The normalized spacial score (nSPS) is 14.1. The molecule has 5 rings (SSSR count). The maximum atomic E-state index is 14.1. The summed E-state index contributed by atoms with van der Waals surface area (Å²) < 4.78 is 22.8. The molecule has 1 atom stereocenters. The van der Waals surface area contributed by atoms with Gasteiger partial charge in [0.25, 0.3) is 5.91 Å².